The summed E-state index contributed by atoms with van der Waals surface area (Å²) in [5.41, 5.74) is 12.6. The van der Waals surface area contributed by atoms with Crippen LogP contribution >= 0.6 is 0 Å². The smallest absolute Gasteiger partial charge is 1.00 e. The summed E-state index contributed by atoms with van der Waals surface area (Å²) in [4.78, 5) is 0. The molecule has 0 bridgehead atoms. The molecule has 0 aromatic heterocycles. The van der Waals surface area contributed by atoms with Gasteiger partial charge in [-0.15, -0.1) is 6.42 Å². The maximum Gasteiger partial charge on any atom is 4.00 e. The minimum Gasteiger partial charge on any atom is -1.00 e. The largest absolute Gasteiger partial charge is 4.00 e. The third-order valence-corrected chi connectivity index (χ3v) is 19.2. The van der Waals surface area contributed by atoms with Crippen molar-refractivity contribution >= 4 is 23.6 Å². The Morgan fingerprint density at radius 2 is 0.576 bits per heavy atom. The first-order chi connectivity index (χ1) is 30.3. The normalized spacial score (nSPS) is 12.3. The third kappa shape index (κ3) is 20.7. The van der Waals surface area contributed by atoms with Gasteiger partial charge in [-0.1, -0.05) is 241 Å². The van der Waals surface area contributed by atoms with E-state index in [9.17, 15) is 0 Å². The zero-order chi connectivity index (χ0) is 44.4. The Bertz CT molecular complexity index is 1530. The molecular formula is C61H95Cl3SiTi. The van der Waals surface area contributed by atoms with Crippen LogP contribution in [0.25, 0.3) is 0 Å². The van der Waals surface area contributed by atoms with Crippen molar-refractivity contribution in [2.75, 3.05) is 0 Å². The molecule has 3 aromatic rings. The second-order valence-electron chi connectivity index (χ2n) is 19.9. The number of hydrogen-bond acceptors (Lipinski definition) is 0. The van der Waals surface area contributed by atoms with Crippen molar-refractivity contribution in [2.24, 2.45) is 0 Å². The molecule has 0 heterocycles. The second kappa shape index (κ2) is 37.7. The van der Waals surface area contributed by atoms with Crippen molar-refractivity contribution in [1.82, 2.24) is 0 Å². The van der Waals surface area contributed by atoms with E-state index in [4.69, 9.17) is 0 Å². The van der Waals surface area contributed by atoms with Gasteiger partial charge >= 0.3 is 21.7 Å². The van der Waals surface area contributed by atoms with Crippen LogP contribution < -0.4 is 52.8 Å². The van der Waals surface area contributed by atoms with Gasteiger partial charge in [0.1, 0.15) is 0 Å². The van der Waals surface area contributed by atoms with Crippen LogP contribution in [0.2, 0.25) is 0 Å². The molecule has 0 aliphatic heterocycles. The van der Waals surface area contributed by atoms with Crippen molar-refractivity contribution in [3.63, 3.8) is 0 Å². The molecule has 0 saturated heterocycles. The van der Waals surface area contributed by atoms with Gasteiger partial charge in [-0.25, -0.2) is 5.57 Å². The van der Waals surface area contributed by atoms with Crippen LogP contribution in [0.4, 0.5) is 0 Å². The molecular weight excluding hydrogens is 915 g/mol. The van der Waals surface area contributed by atoms with Crippen LogP contribution in [-0.4, -0.2) is 8.07 Å². The van der Waals surface area contributed by atoms with Crippen molar-refractivity contribution in [3.8, 4) is 0 Å². The van der Waals surface area contributed by atoms with E-state index in [0.29, 0.717) is 0 Å². The van der Waals surface area contributed by atoms with E-state index in [1.54, 1.807) is 59.7 Å². The molecule has 66 heavy (non-hydrogen) atoms. The number of allylic oxidation sites excluding steroid dienone is 4. The van der Waals surface area contributed by atoms with Crippen LogP contribution in [0, 0.1) is 6.08 Å². The Balaban J connectivity index is 0.0000106. The average Bonchev–Trinajstić information content (AvgIpc) is 3.61. The molecule has 0 nitrogen and oxygen atoms in total. The Morgan fingerprint density at radius 3 is 0.758 bits per heavy atom. The Morgan fingerprint density at radius 1 is 0.348 bits per heavy atom. The van der Waals surface area contributed by atoms with E-state index in [0.717, 1.165) is 6.42 Å². The fourth-order valence-corrected chi connectivity index (χ4v) is 16.3. The van der Waals surface area contributed by atoms with E-state index in [1.165, 1.54) is 198 Å². The average molecular weight is 1010 g/mol. The summed E-state index contributed by atoms with van der Waals surface area (Å²) in [6.45, 7) is 19.0. The third-order valence-electron chi connectivity index (χ3n) is 14.2. The number of unbranched alkanes of at least 4 members (excludes halogenated alkanes) is 18. The van der Waals surface area contributed by atoms with Gasteiger partial charge in [-0.2, -0.15) is 10.8 Å². The van der Waals surface area contributed by atoms with Crippen molar-refractivity contribution in [1.29, 1.82) is 0 Å². The molecule has 0 atom stereocenters. The standard InChI is InChI=1S/C61H95Si.3ClH.Ti/c1-9-15-21-27-33-52-41-53(34-28-22-16-10-2)45-58(44-52)62(61-50(7)39-40-51(61)8,59-46-54(35-29-23-17-11-3)42-55(47-59)36-30-24-18-12-4)60-48-56(37-31-25-19-13-5)43-57(49-60)38-32-26-20-14-6;;;;/h41-49H,9-39H2,1-8H3;3*1H;/q-1;;;;+4/p-3. The van der Waals surface area contributed by atoms with Crippen molar-refractivity contribution in [3.05, 3.63) is 110 Å². The fourth-order valence-electron chi connectivity index (χ4n) is 10.6. The van der Waals surface area contributed by atoms with Gasteiger partial charge in [-0.3, -0.25) is 6.08 Å². The molecule has 4 rings (SSSR count). The van der Waals surface area contributed by atoms with E-state index in [2.05, 4.69) is 116 Å². The van der Waals surface area contributed by atoms with Gasteiger partial charge in [0.25, 0.3) is 0 Å². The van der Waals surface area contributed by atoms with Gasteiger partial charge in [0.15, 0.2) is 0 Å². The minimum atomic E-state index is -2.85. The molecule has 368 valence electrons. The van der Waals surface area contributed by atoms with E-state index >= 15 is 0 Å². The molecule has 0 fully saturated rings. The molecule has 0 radical (unpaired) electrons. The van der Waals surface area contributed by atoms with Gasteiger partial charge in [0, 0.05) is 0 Å². The van der Waals surface area contributed by atoms with Crippen molar-refractivity contribution in [2.45, 2.75) is 254 Å². The molecule has 0 saturated carbocycles. The van der Waals surface area contributed by atoms with Gasteiger partial charge in [0.05, 0.1) is 8.07 Å². The van der Waals surface area contributed by atoms with Crippen LogP contribution in [0.5, 0.6) is 0 Å². The molecule has 0 unspecified atom stereocenters. The fraction of sp³-hybridized carbons (Fsp3) is 0.639. The molecule has 1 aliphatic rings. The van der Waals surface area contributed by atoms with Crippen LogP contribution in [-0.2, 0) is 60.2 Å². The summed E-state index contributed by atoms with van der Waals surface area (Å²) in [5, 5.41) is 6.66. The first kappa shape index (κ1) is 64.9. The Hall–Kier alpha value is -1.06. The molecule has 1 aliphatic carbocycles. The number of rotatable bonds is 34. The number of hydrogen-bond donors (Lipinski definition) is 0. The van der Waals surface area contributed by atoms with Gasteiger partial charge in [-0.05, 0) is 110 Å². The maximum absolute atomic E-state index is 3.99. The van der Waals surface area contributed by atoms with E-state index in [-0.39, 0.29) is 58.9 Å². The molecule has 0 amide bonds. The van der Waals surface area contributed by atoms with Crippen LogP contribution in [0.1, 0.15) is 249 Å². The zero-order valence-corrected chi connectivity index (χ0v) is 48.6. The SMILES string of the molecule is CCCCCCc1cc(CCCCCC)cc([Si](C2=C(C)C[C-]=C2C)(c2cc(CCCCCC)cc(CCCCCC)c2)c2cc(CCCCCC)cc(CCCCCC)c2)c1.[Cl-].[Cl-].[Cl-].[Ti+4]. The first-order valence-corrected chi connectivity index (χ1v) is 29.0. The summed E-state index contributed by atoms with van der Waals surface area (Å²) in [5.74, 6) is 0. The second-order valence-corrected chi connectivity index (χ2v) is 23.6. The van der Waals surface area contributed by atoms with Crippen molar-refractivity contribution < 1.29 is 58.9 Å². The number of halogens is 3. The van der Waals surface area contributed by atoms with Crippen LogP contribution in [0.15, 0.2) is 70.9 Å². The molecule has 0 N–H and O–H groups in total. The summed E-state index contributed by atoms with van der Waals surface area (Å²) in [6, 6.07) is 24.6. The summed E-state index contributed by atoms with van der Waals surface area (Å²) in [6.07, 6.45) is 43.7. The molecule has 5 heteroatoms. The first-order valence-electron chi connectivity index (χ1n) is 27.0. The van der Waals surface area contributed by atoms with Crippen LogP contribution in [0.3, 0.4) is 0 Å². The predicted octanol–water partition coefficient (Wildman–Crippen LogP) is 7.91. The predicted molar refractivity (Wildman–Crippen MR) is 281 cm³/mol. The summed E-state index contributed by atoms with van der Waals surface area (Å²) < 4.78 is 0. The molecule has 3 aromatic carbocycles. The maximum atomic E-state index is 3.99. The Labute approximate surface area is 444 Å². The summed E-state index contributed by atoms with van der Waals surface area (Å²) >= 11 is 0. The topological polar surface area (TPSA) is 0 Å². The van der Waals surface area contributed by atoms with Gasteiger partial charge < -0.3 is 37.2 Å². The molecule has 0 spiro atoms. The quantitative estimate of drug-likeness (QED) is 0.0247. The number of benzene rings is 3. The summed E-state index contributed by atoms with van der Waals surface area (Å²) in [7, 11) is -2.85. The zero-order valence-electron chi connectivity index (χ0n) is 43.8. The number of aryl methyl sites for hydroxylation is 6. The van der Waals surface area contributed by atoms with E-state index in [1.807, 2.05) is 0 Å². The monoisotopic (exact) mass is 1010 g/mol. The minimum absolute atomic E-state index is 0. The van der Waals surface area contributed by atoms with Gasteiger partial charge in [0.2, 0.25) is 0 Å². The van der Waals surface area contributed by atoms with E-state index < -0.39 is 8.07 Å². The Kier molecular flexibility index (Phi) is 37.1.